The minimum absolute atomic E-state index is 0.0969. The van der Waals surface area contributed by atoms with Crippen molar-refractivity contribution < 1.29 is 15.0 Å². The van der Waals surface area contributed by atoms with Gasteiger partial charge in [0.15, 0.2) is 0 Å². The lowest BCUT2D eigenvalue weighted by Crippen LogP contribution is -2.36. The molecule has 2 N–H and O–H groups in total. The number of aliphatic hydroxyl groups excluding tert-OH is 1. The van der Waals surface area contributed by atoms with Crippen LogP contribution in [0.5, 0.6) is 0 Å². The molecule has 1 unspecified atom stereocenters. The van der Waals surface area contributed by atoms with Crippen molar-refractivity contribution in [2.24, 2.45) is 0 Å². The summed E-state index contributed by atoms with van der Waals surface area (Å²) in [6.45, 7) is 4.91. The molecule has 0 saturated carbocycles. The number of carboxylic acids is 1. The Kier molecular flexibility index (Phi) is 5.82. The van der Waals surface area contributed by atoms with E-state index in [0.717, 1.165) is 5.56 Å². The van der Waals surface area contributed by atoms with E-state index in [1.165, 1.54) is 0 Å². The number of aliphatic hydroxyl groups is 1. The highest BCUT2D eigenvalue weighted by Gasteiger charge is 2.16. The standard InChI is InChI=1S/C14H21NO3/c1-11(2)15(9-8-14(17)18)10-13(16)12-6-4-3-5-7-12/h3-7,11,13,16H,8-10H2,1-2H3,(H,17,18). The third-order valence-corrected chi connectivity index (χ3v) is 2.93. The molecule has 0 aliphatic carbocycles. The molecule has 0 bridgehead atoms. The minimum atomic E-state index is -0.810. The SMILES string of the molecule is CC(C)N(CCC(=O)O)CC(O)c1ccccc1. The van der Waals surface area contributed by atoms with Gasteiger partial charge in [-0.05, 0) is 19.4 Å². The predicted octanol–water partition coefficient (Wildman–Crippen LogP) is 1.91. The van der Waals surface area contributed by atoms with Gasteiger partial charge < -0.3 is 10.2 Å². The van der Waals surface area contributed by atoms with Crippen molar-refractivity contribution in [2.75, 3.05) is 13.1 Å². The third-order valence-electron chi connectivity index (χ3n) is 2.93. The van der Waals surface area contributed by atoms with E-state index in [-0.39, 0.29) is 12.5 Å². The lowest BCUT2D eigenvalue weighted by molar-refractivity contribution is -0.137. The maximum Gasteiger partial charge on any atom is 0.304 e. The van der Waals surface area contributed by atoms with Gasteiger partial charge in [0.2, 0.25) is 0 Å². The van der Waals surface area contributed by atoms with Crippen molar-refractivity contribution in [3.8, 4) is 0 Å². The predicted molar refractivity (Wildman–Crippen MR) is 70.4 cm³/mol. The average Bonchev–Trinajstić information content (AvgIpc) is 2.34. The first-order valence-electron chi connectivity index (χ1n) is 6.19. The summed E-state index contributed by atoms with van der Waals surface area (Å²) in [6, 6.07) is 9.63. The highest BCUT2D eigenvalue weighted by Crippen LogP contribution is 2.15. The monoisotopic (exact) mass is 251 g/mol. The maximum absolute atomic E-state index is 10.6. The first-order valence-corrected chi connectivity index (χ1v) is 6.19. The maximum atomic E-state index is 10.6. The topological polar surface area (TPSA) is 60.8 Å². The molecule has 1 rings (SSSR count). The number of hydrogen-bond acceptors (Lipinski definition) is 3. The van der Waals surface area contributed by atoms with Crippen LogP contribution >= 0.6 is 0 Å². The van der Waals surface area contributed by atoms with Crippen LogP contribution in [0.2, 0.25) is 0 Å². The zero-order chi connectivity index (χ0) is 13.5. The average molecular weight is 251 g/mol. The van der Waals surface area contributed by atoms with Gasteiger partial charge in [-0.25, -0.2) is 0 Å². The zero-order valence-corrected chi connectivity index (χ0v) is 10.9. The summed E-state index contributed by atoms with van der Waals surface area (Å²) < 4.78 is 0. The first kappa shape index (κ1) is 14.7. The van der Waals surface area contributed by atoms with Crippen LogP contribution in [-0.4, -0.2) is 40.2 Å². The Labute approximate surface area is 108 Å². The van der Waals surface area contributed by atoms with Gasteiger partial charge in [-0.1, -0.05) is 30.3 Å². The second kappa shape index (κ2) is 7.13. The number of nitrogens with zero attached hydrogens (tertiary/aromatic N) is 1. The Balaban J connectivity index is 2.58. The van der Waals surface area contributed by atoms with Crippen LogP contribution in [0.4, 0.5) is 0 Å². The molecule has 0 fully saturated rings. The lowest BCUT2D eigenvalue weighted by atomic mass is 10.1. The molecule has 0 heterocycles. The normalized spacial score (nSPS) is 12.9. The molecule has 1 aromatic rings. The van der Waals surface area contributed by atoms with E-state index < -0.39 is 12.1 Å². The Morgan fingerprint density at radius 3 is 2.39 bits per heavy atom. The van der Waals surface area contributed by atoms with Gasteiger partial charge in [-0.2, -0.15) is 0 Å². The summed E-state index contributed by atoms with van der Waals surface area (Å²) in [4.78, 5) is 12.6. The van der Waals surface area contributed by atoms with Crippen LogP contribution in [0.15, 0.2) is 30.3 Å². The van der Waals surface area contributed by atoms with Crippen molar-refractivity contribution in [3.63, 3.8) is 0 Å². The molecule has 0 amide bonds. The summed E-state index contributed by atoms with van der Waals surface area (Å²) in [5.74, 6) is -0.810. The smallest absolute Gasteiger partial charge is 0.304 e. The lowest BCUT2D eigenvalue weighted by Gasteiger charge is -2.28. The number of rotatable bonds is 7. The van der Waals surface area contributed by atoms with Crippen LogP contribution in [0.3, 0.4) is 0 Å². The molecule has 18 heavy (non-hydrogen) atoms. The van der Waals surface area contributed by atoms with Gasteiger partial charge in [-0.15, -0.1) is 0 Å². The molecule has 0 spiro atoms. The van der Waals surface area contributed by atoms with Crippen molar-refractivity contribution in [1.82, 2.24) is 4.90 Å². The van der Waals surface area contributed by atoms with E-state index in [1.54, 1.807) is 0 Å². The molecule has 1 atom stereocenters. The zero-order valence-electron chi connectivity index (χ0n) is 10.9. The molecule has 4 heteroatoms. The highest BCUT2D eigenvalue weighted by atomic mass is 16.4. The highest BCUT2D eigenvalue weighted by molar-refractivity contribution is 5.66. The molecule has 0 aliphatic rings. The fraction of sp³-hybridized carbons (Fsp3) is 0.500. The molecule has 1 aromatic carbocycles. The number of carboxylic acid groups (broad SMARTS) is 1. The molecule has 0 aliphatic heterocycles. The Hall–Kier alpha value is -1.39. The van der Waals surface area contributed by atoms with Crippen molar-refractivity contribution in [2.45, 2.75) is 32.4 Å². The van der Waals surface area contributed by atoms with E-state index in [1.807, 2.05) is 49.1 Å². The van der Waals surface area contributed by atoms with Crippen LogP contribution in [0.25, 0.3) is 0 Å². The Morgan fingerprint density at radius 2 is 1.89 bits per heavy atom. The molecular formula is C14H21NO3. The first-order chi connectivity index (χ1) is 8.50. The fourth-order valence-electron chi connectivity index (χ4n) is 1.80. The quantitative estimate of drug-likeness (QED) is 0.777. The molecular weight excluding hydrogens is 230 g/mol. The number of benzene rings is 1. The summed E-state index contributed by atoms with van der Waals surface area (Å²) in [6.07, 6.45) is -0.484. The van der Waals surface area contributed by atoms with Gasteiger partial charge >= 0.3 is 5.97 Å². The van der Waals surface area contributed by atoms with Crippen LogP contribution in [0.1, 0.15) is 31.9 Å². The van der Waals surface area contributed by atoms with Gasteiger partial charge in [0.05, 0.1) is 12.5 Å². The number of hydrogen-bond donors (Lipinski definition) is 2. The second-order valence-corrected chi connectivity index (χ2v) is 4.66. The molecule has 0 saturated heterocycles. The summed E-state index contributed by atoms with van der Waals surface area (Å²) in [5, 5.41) is 18.8. The van der Waals surface area contributed by atoms with Gasteiger partial charge in [-0.3, -0.25) is 9.69 Å². The van der Waals surface area contributed by atoms with E-state index >= 15 is 0 Å². The van der Waals surface area contributed by atoms with Gasteiger partial charge in [0, 0.05) is 19.1 Å². The van der Waals surface area contributed by atoms with Crippen molar-refractivity contribution in [3.05, 3.63) is 35.9 Å². The number of carbonyl (C=O) groups is 1. The summed E-state index contributed by atoms with van der Waals surface area (Å²) in [5.41, 5.74) is 0.860. The third kappa shape index (κ3) is 4.85. The van der Waals surface area contributed by atoms with E-state index in [4.69, 9.17) is 5.11 Å². The summed E-state index contributed by atoms with van der Waals surface area (Å²) in [7, 11) is 0. The molecule has 4 nitrogen and oxygen atoms in total. The Morgan fingerprint density at radius 1 is 1.28 bits per heavy atom. The molecule has 100 valence electrons. The van der Waals surface area contributed by atoms with Gasteiger partial charge in [0.1, 0.15) is 0 Å². The second-order valence-electron chi connectivity index (χ2n) is 4.66. The molecule has 0 aromatic heterocycles. The van der Waals surface area contributed by atoms with E-state index in [0.29, 0.717) is 13.1 Å². The van der Waals surface area contributed by atoms with E-state index in [2.05, 4.69) is 0 Å². The minimum Gasteiger partial charge on any atom is -0.481 e. The van der Waals surface area contributed by atoms with Crippen LogP contribution < -0.4 is 0 Å². The Bertz CT molecular complexity index is 365. The van der Waals surface area contributed by atoms with Crippen LogP contribution in [-0.2, 0) is 4.79 Å². The largest absolute Gasteiger partial charge is 0.481 e. The fourth-order valence-corrected chi connectivity index (χ4v) is 1.80. The number of aliphatic carboxylic acids is 1. The summed E-state index contributed by atoms with van der Waals surface area (Å²) >= 11 is 0. The van der Waals surface area contributed by atoms with E-state index in [9.17, 15) is 9.90 Å². The van der Waals surface area contributed by atoms with Crippen molar-refractivity contribution >= 4 is 5.97 Å². The van der Waals surface area contributed by atoms with Crippen molar-refractivity contribution in [1.29, 1.82) is 0 Å². The van der Waals surface area contributed by atoms with Crippen LogP contribution in [0, 0.1) is 0 Å². The molecule has 0 radical (unpaired) electrons. The van der Waals surface area contributed by atoms with Gasteiger partial charge in [0.25, 0.3) is 0 Å².